The molecule has 114 valence electrons. The molecule has 0 saturated carbocycles. The van der Waals surface area contributed by atoms with E-state index in [0.29, 0.717) is 0 Å². The molecule has 0 aromatic heterocycles. The molecule has 1 aliphatic rings. The Morgan fingerprint density at radius 1 is 1.15 bits per heavy atom. The Balaban J connectivity index is 0.00000200. The molecule has 0 bridgehead atoms. The monoisotopic (exact) mass is 296 g/mol. The zero-order valence-corrected chi connectivity index (χ0v) is 13.9. The van der Waals surface area contributed by atoms with Gasteiger partial charge in [-0.15, -0.1) is 12.4 Å². The third-order valence-corrected chi connectivity index (χ3v) is 4.34. The largest absolute Gasteiger partial charge is 0.317 e. The number of benzene rings is 1. The predicted molar refractivity (Wildman–Crippen MR) is 89.8 cm³/mol. The van der Waals surface area contributed by atoms with Crippen molar-refractivity contribution >= 4 is 12.4 Å². The number of nitrogens with one attached hydrogen (secondary N) is 1. The number of halogens is 1. The number of hydrogen-bond donors (Lipinski definition) is 1. The molecule has 1 N–H and O–H groups in total. The Labute approximate surface area is 130 Å². The summed E-state index contributed by atoms with van der Waals surface area (Å²) in [6, 6.07) is 7.42. The lowest BCUT2D eigenvalue weighted by Crippen LogP contribution is -2.43. The quantitative estimate of drug-likeness (QED) is 0.891. The molecule has 0 atom stereocenters. The highest BCUT2D eigenvalue weighted by molar-refractivity contribution is 5.85. The summed E-state index contributed by atoms with van der Waals surface area (Å²) < 4.78 is 0. The average Bonchev–Trinajstić information content (AvgIpc) is 2.43. The van der Waals surface area contributed by atoms with Crippen molar-refractivity contribution in [2.45, 2.75) is 52.6 Å². The minimum absolute atomic E-state index is 0. The maximum absolute atomic E-state index is 3.47. The van der Waals surface area contributed by atoms with Gasteiger partial charge in [-0.25, -0.2) is 0 Å². The summed E-state index contributed by atoms with van der Waals surface area (Å²) in [5.41, 5.74) is 4.42. The van der Waals surface area contributed by atoms with Gasteiger partial charge in [0.1, 0.15) is 0 Å². The summed E-state index contributed by atoms with van der Waals surface area (Å²) in [6.07, 6.45) is 3.84. The first-order valence-corrected chi connectivity index (χ1v) is 7.72. The Morgan fingerprint density at radius 3 is 2.30 bits per heavy atom. The van der Waals surface area contributed by atoms with Gasteiger partial charge in [-0.05, 0) is 69.4 Å². The highest BCUT2D eigenvalue weighted by Crippen LogP contribution is 2.20. The summed E-state index contributed by atoms with van der Waals surface area (Å²) in [5, 5.41) is 3.47. The van der Waals surface area contributed by atoms with Crippen molar-refractivity contribution in [2.24, 2.45) is 0 Å². The first-order valence-electron chi connectivity index (χ1n) is 7.72. The van der Waals surface area contributed by atoms with Gasteiger partial charge < -0.3 is 5.32 Å². The molecule has 1 heterocycles. The molecule has 1 saturated heterocycles. The van der Waals surface area contributed by atoms with E-state index in [1.165, 1.54) is 55.6 Å². The van der Waals surface area contributed by atoms with Crippen LogP contribution in [0.1, 0.15) is 42.9 Å². The lowest BCUT2D eigenvalue weighted by Gasteiger charge is -2.35. The second kappa shape index (κ2) is 8.66. The first kappa shape index (κ1) is 17.5. The SMILES string of the molecule is CCCN(Cc1c(C)cccc1C)C1CCNCC1.Cl. The fraction of sp³-hybridized carbons (Fsp3) is 0.647. The van der Waals surface area contributed by atoms with Crippen molar-refractivity contribution in [1.82, 2.24) is 10.2 Å². The average molecular weight is 297 g/mol. The fourth-order valence-electron chi connectivity index (χ4n) is 3.15. The predicted octanol–water partition coefficient (Wildman–Crippen LogP) is 3.69. The van der Waals surface area contributed by atoms with E-state index in [0.717, 1.165) is 12.6 Å². The fourth-order valence-corrected chi connectivity index (χ4v) is 3.15. The van der Waals surface area contributed by atoms with Crippen molar-refractivity contribution in [1.29, 1.82) is 0 Å². The van der Waals surface area contributed by atoms with E-state index in [4.69, 9.17) is 0 Å². The van der Waals surface area contributed by atoms with Crippen LogP contribution in [0, 0.1) is 13.8 Å². The molecule has 2 nitrogen and oxygen atoms in total. The van der Waals surface area contributed by atoms with Crippen LogP contribution in [-0.4, -0.2) is 30.6 Å². The first-order chi connectivity index (χ1) is 9.22. The summed E-state index contributed by atoms with van der Waals surface area (Å²) >= 11 is 0. The number of nitrogens with zero attached hydrogens (tertiary/aromatic N) is 1. The minimum Gasteiger partial charge on any atom is -0.317 e. The zero-order valence-electron chi connectivity index (χ0n) is 13.1. The molecule has 3 heteroatoms. The molecule has 1 fully saturated rings. The summed E-state index contributed by atoms with van der Waals surface area (Å²) in [7, 11) is 0. The molecule has 20 heavy (non-hydrogen) atoms. The number of piperidine rings is 1. The smallest absolute Gasteiger partial charge is 0.0241 e. The van der Waals surface area contributed by atoms with E-state index in [9.17, 15) is 0 Å². The van der Waals surface area contributed by atoms with Crippen LogP contribution < -0.4 is 5.32 Å². The summed E-state index contributed by atoms with van der Waals surface area (Å²) in [6.45, 7) is 11.5. The molecular formula is C17H29ClN2. The van der Waals surface area contributed by atoms with E-state index in [1.54, 1.807) is 0 Å². The van der Waals surface area contributed by atoms with Gasteiger partial charge in [-0.2, -0.15) is 0 Å². The Morgan fingerprint density at radius 2 is 1.75 bits per heavy atom. The summed E-state index contributed by atoms with van der Waals surface area (Å²) in [5.74, 6) is 0. The lowest BCUT2D eigenvalue weighted by atomic mass is 9.99. The van der Waals surface area contributed by atoms with Crippen LogP contribution in [0.5, 0.6) is 0 Å². The lowest BCUT2D eigenvalue weighted by molar-refractivity contribution is 0.153. The van der Waals surface area contributed by atoms with Crippen LogP contribution in [0.25, 0.3) is 0 Å². The van der Waals surface area contributed by atoms with Gasteiger partial charge in [0.05, 0.1) is 0 Å². The van der Waals surface area contributed by atoms with Crippen molar-refractivity contribution < 1.29 is 0 Å². The van der Waals surface area contributed by atoms with E-state index >= 15 is 0 Å². The molecule has 1 aromatic rings. The Kier molecular flexibility index (Phi) is 7.57. The van der Waals surface area contributed by atoms with Gasteiger partial charge >= 0.3 is 0 Å². The normalized spacial score (nSPS) is 16.2. The van der Waals surface area contributed by atoms with E-state index in [2.05, 4.69) is 49.2 Å². The Bertz CT molecular complexity index is 380. The van der Waals surface area contributed by atoms with Gasteiger partial charge in [0.2, 0.25) is 0 Å². The zero-order chi connectivity index (χ0) is 13.7. The molecular weight excluding hydrogens is 268 g/mol. The molecule has 0 aliphatic carbocycles. The molecule has 0 radical (unpaired) electrons. The molecule has 1 aliphatic heterocycles. The van der Waals surface area contributed by atoms with Gasteiger partial charge in [0.25, 0.3) is 0 Å². The second-order valence-electron chi connectivity index (χ2n) is 5.82. The van der Waals surface area contributed by atoms with Crippen LogP contribution >= 0.6 is 12.4 Å². The van der Waals surface area contributed by atoms with Gasteiger partial charge in [0, 0.05) is 12.6 Å². The maximum Gasteiger partial charge on any atom is 0.0241 e. The highest BCUT2D eigenvalue weighted by atomic mass is 35.5. The molecule has 0 unspecified atom stereocenters. The van der Waals surface area contributed by atoms with E-state index in [-0.39, 0.29) is 12.4 Å². The van der Waals surface area contributed by atoms with Crippen LogP contribution in [0.15, 0.2) is 18.2 Å². The number of hydrogen-bond acceptors (Lipinski definition) is 2. The van der Waals surface area contributed by atoms with Gasteiger partial charge in [-0.3, -0.25) is 4.90 Å². The minimum atomic E-state index is 0. The number of aryl methyl sites for hydroxylation is 2. The molecule has 0 spiro atoms. The van der Waals surface area contributed by atoms with Crippen LogP contribution in [0.4, 0.5) is 0 Å². The topological polar surface area (TPSA) is 15.3 Å². The highest BCUT2D eigenvalue weighted by Gasteiger charge is 2.21. The van der Waals surface area contributed by atoms with Crippen LogP contribution in [-0.2, 0) is 6.54 Å². The van der Waals surface area contributed by atoms with Crippen molar-refractivity contribution in [3.8, 4) is 0 Å². The summed E-state index contributed by atoms with van der Waals surface area (Å²) in [4.78, 5) is 2.70. The van der Waals surface area contributed by atoms with Gasteiger partial charge in [0.15, 0.2) is 0 Å². The second-order valence-corrected chi connectivity index (χ2v) is 5.82. The van der Waals surface area contributed by atoms with Crippen LogP contribution in [0.3, 0.4) is 0 Å². The van der Waals surface area contributed by atoms with Crippen molar-refractivity contribution in [3.63, 3.8) is 0 Å². The third-order valence-electron chi connectivity index (χ3n) is 4.34. The number of rotatable bonds is 5. The molecule has 0 amide bonds. The molecule has 1 aromatic carbocycles. The van der Waals surface area contributed by atoms with E-state index < -0.39 is 0 Å². The Hall–Kier alpha value is -0.570. The molecule has 2 rings (SSSR count). The third kappa shape index (κ3) is 4.47. The maximum atomic E-state index is 3.47. The van der Waals surface area contributed by atoms with Gasteiger partial charge in [-0.1, -0.05) is 25.1 Å². The van der Waals surface area contributed by atoms with Crippen molar-refractivity contribution in [2.75, 3.05) is 19.6 Å². The van der Waals surface area contributed by atoms with E-state index in [1.807, 2.05) is 0 Å². The van der Waals surface area contributed by atoms with Crippen LogP contribution in [0.2, 0.25) is 0 Å². The standard InChI is InChI=1S/C17H28N2.ClH/c1-4-12-19(16-8-10-18-11-9-16)13-17-14(2)6-5-7-15(17)3;/h5-7,16,18H,4,8-13H2,1-3H3;1H. The van der Waals surface area contributed by atoms with Crippen molar-refractivity contribution in [3.05, 3.63) is 34.9 Å².